The molecule has 0 spiro atoms. The number of hydrogen-bond donors (Lipinski definition) is 0. The molecule has 0 radical (unpaired) electrons. The monoisotopic (exact) mass is 449 g/mol. The molecule has 1 aliphatic heterocycles. The van der Waals surface area contributed by atoms with Gasteiger partial charge in [-0.3, -0.25) is 14.7 Å². The number of methoxy groups -OCH3 is 2. The first kappa shape index (κ1) is 20.1. The zero-order chi connectivity index (χ0) is 22.1. The van der Waals surface area contributed by atoms with Gasteiger partial charge in [0.15, 0.2) is 28.1 Å². The SMILES string of the molecule is COc1ccc(C(=O)N(Cc2cccnc2)c2nc3cc4c(cc3s2)OCO4)cc1OC. The highest BCUT2D eigenvalue weighted by Gasteiger charge is 2.24. The van der Waals surface area contributed by atoms with E-state index in [1.54, 1.807) is 42.6 Å². The summed E-state index contributed by atoms with van der Waals surface area (Å²) in [7, 11) is 3.09. The van der Waals surface area contributed by atoms with Crippen molar-refractivity contribution in [2.24, 2.45) is 0 Å². The molecule has 0 aliphatic carbocycles. The lowest BCUT2D eigenvalue weighted by Gasteiger charge is -2.20. The molecule has 5 rings (SSSR count). The van der Waals surface area contributed by atoms with Gasteiger partial charge >= 0.3 is 0 Å². The van der Waals surface area contributed by atoms with E-state index in [4.69, 9.17) is 23.9 Å². The third-order valence-corrected chi connectivity index (χ3v) is 6.08. The molecule has 162 valence electrons. The first-order valence-corrected chi connectivity index (χ1v) is 10.6. The molecule has 0 fully saturated rings. The molecular weight excluding hydrogens is 430 g/mol. The average molecular weight is 449 g/mol. The number of pyridine rings is 1. The van der Waals surface area contributed by atoms with Gasteiger partial charge in [-0.2, -0.15) is 0 Å². The number of fused-ring (bicyclic) bond motifs is 2. The van der Waals surface area contributed by atoms with Gasteiger partial charge in [-0.25, -0.2) is 4.98 Å². The molecule has 9 heteroatoms. The zero-order valence-electron chi connectivity index (χ0n) is 17.4. The molecule has 0 atom stereocenters. The van der Waals surface area contributed by atoms with E-state index in [0.29, 0.717) is 40.2 Å². The molecule has 32 heavy (non-hydrogen) atoms. The number of thiazole rings is 1. The lowest BCUT2D eigenvalue weighted by Crippen LogP contribution is -2.30. The minimum atomic E-state index is -0.214. The Morgan fingerprint density at radius 1 is 1.09 bits per heavy atom. The van der Waals surface area contributed by atoms with Crippen LogP contribution in [-0.4, -0.2) is 36.9 Å². The maximum atomic E-state index is 13.6. The number of hydrogen-bond acceptors (Lipinski definition) is 8. The molecule has 2 aromatic heterocycles. The second-order valence-corrected chi connectivity index (χ2v) is 8.00. The number of aromatic nitrogens is 2. The van der Waals surface area contributed by atoms with E-state index in [1.165, 1.54) is 18.4 Å². The molecule has 8 nitrogen and oxygen atoms in total. The summed E-state index contributed by atoms with van der Waals surface area (Å²) in [5.74, 6) is 2.15. The van der Waals surface area contributed by atoms with Gasteiger partial charge in [-0.1, -0.05) is 17.4 Å². The smallest absolute Gasteiger partial charge is 0.260 e. The van der Waals surface area contributed by atoms with Crippen LogP contribution in [0, 0.1) is 0 Å². The molecule has 0 unspecified atom stereocenters. The van der Waals surface area contributed by atoms with Gasteiger partial charge in [0.05, 0.1) is 31.0 Å². The number of anilines is 1. The molecule has 2 aromatic carbocycles. The maximum Gasteiger partial charge on any atom is 0.260 e. The van der Waals surface area contributed by atoms with Crippen molar-refractivity contribution in [2.45, 2.75) is 6.54 Å². The number of ether oxygens (including phenoxy) is 4. The van der Waals surface area contributed by atoms with E-state index in [2.05, 4.69) is 4.98 Å². The minimum absolute atomic E-state index is 0.199. The van der Waals surface area contributed by atoms with E-state index in [9.17, 15) is 4.79 Å². The van der Waals surface area contributed by atoms with Gasteiger partial charge in [0.1, 0.15) is 0 Å². The van der Waals surface area contributed by atoms with Gasteiger partial charge in [-0.15, -0.1) is 0 Å². The lowest BCUT2D eigenvalue weighted by molar-refractivity contribution is 0.0984. The van der Waals surface area contributed by atoms with E-state index < -0.39 is 0 Å². The molecule has 0 saturated heterocycles. The molecule has 0 N–H and O–H groups in total. The Balaban J connectivity index is 1.56. The zero-order valence-corrected chi connectivity index (χ0v) is 18.2. The second kappa shape index (κ2) is 8.35. The van der Waals surface area contributed by atoms with Crippen molar-refractivity contribution >= 4 is 32.6 Å². The highest BCUT2D eigenvalue weighted by Crippen LogP contribution is 2.40. The number of nitrogens with zero attached hydrogens (tertiary/aromatic N) is 3. The average Bonchev–Trinajstić information content (AvgIpc) is 3.46. The fourth-order valence-corrected chi connectivity index (χ4v) is 4.42. The van der Waals surface area contributed by atoms with Crippen molar-refractivity contribution < 1.29 is 23.7 Å². The van der Waals surface area contributed by atoms with Gasteiger partial charge in [-0.05, 0) is 29.8 Å². The van der Waals surface area contributed by atoms with Crippen LogP contribution in [0.2, 0.25) is 0 Å². The molecule has 1 aliphatic rings. The van der Waals surface area contributed by atoms with Crippen LogP contribution in [-0.2, 0) is 6.54 Å². The summed E-state index contributed by atoms with van der Waals surface area (Å²) in [5, 5.41) is 0.562. The van der Waals surface area contributed by atoms with Gasteiger partial charge < -0.3 is 18.9 Å². The highest BCUT2D eigenvalue weighted by molar-refractivity contribution is 7.22. The Morgan fingerprint density at radius 2 is 1.91 bits per heavy atom. The number of carbonyl (C=O) groups is 1. The summed E-state index contributed by atoms with van der Waals surface area (Å²) < 4.78 is 22.5. The Kier molecular flexibility index (Phi) is 5.24. The first-order chi connectivity index (χ1) is 15.7. The lowest BCUT2D eigenvalue weighted by atomic mass is 10.1. The normalized spacial score (nSPS) is 12.1. The predicted octanol–water partition coefficient (Wildman–Crippen LogP) is 4.28. The van der Waals surface area contributed by atoms with Crippen molar-refractivity contribution in [2.75, 3.05) is 25.9 Å². The quantitative estimate of drug-likeness (QED) is 0.434. The van der Waals surface area contributed by atoms with Crippen LogP contribution < -0.4 is 23.8 Å². The molecule has 0 bridgehead atoms. The molecule has 4 aromatic rings. The van der Waals surface area contributed by atoms with Crippen molar-refractivity contribution in [1.82, 2.24) is 9.97 Å². The van der Waals surface area contributed by atoms with Crippen molar-refractivity contribution in [1.29, 1.82) is 0 Å². The van der Waals surface area contributed by atoms with E-state index in [-0.39, 0.29) is 12.7 Å². The van der Waals surface area contributed by atoms with Crippen LogP contribution in [0.25, 0.3) is 10.2 Å². The Morgan fingerprint density at radius 3 is 2.66 bits per heavy atom. The topological polar surface area (TPSA) is 83.0 Å². The van der Waals surface area contributed by atoms with Crippen LogP contribution in [0.4, 0.5) is 5.13 Å². The summed E-state index contributed by atoms with van der Waals surface area (Å²) >= 11 is 1.41. The molecule has 0 saturated carbocycles. The van der Waals surface area contributed by atoms with Crippen molar-refractivity contribution in [3.05, 3.63) is 66.0 Å². The van der Waals surface area contributed by atoms with Gasteiger partial charge in [0.25, 0.3) is 5.91 Å². The number of benzene rings is 2. The fraction of sp³-hybridized carbons (Fsp3) is 0.174. The standard InChI is InChI=1S/C23H19N3O5S/c1-28-17-6-5-15(8-18(17)29-2)22(27)26(12-14-4-3-7-24-11-14)23-25-16-9-19-20(31-13-30-19)10-21(16)32-23/h3-11H,12-13H2,1-2H3. The number of rotatable bonds is 6. The van der Waals surface area contributed by atoms with E-state index in [0.717, 1.165) is 15.8 Å². The fourth-order valence-electron chi connectivity index (χ4n) is 3.45. The highest BCUT2D eigenvalue weighted by atomic mass is 32.1. The van der Waals surface area contributed by atoms with Crippen LogP contribution in [0.5, 0.6) is 23.0 Å². The Hall–Kier alpha value is -3.85. The van der Waals surface area contributed by atoms with Crippen LogP contribution >= 0.6 is 11.3 Å². The minimum Gasteiger partial charge on any atom is -0.493 e. The summed E-state index contributed by atoms with van der Waals surface area (Å²) in [6.45, 7) is 0.512. The summed E-state index contributed by atoms with van der Waals surface area (Å²) in [6, 6.07) is 12.6. The van der Waals surface area contributed by atoms with Gasteiger partial charge in [0, 0.05) is 30.1 Å². The first-order valence-electron chi connectivity index (χ1n) is 9.79. The van der Waals surface area contributed by atoms with Crippen LogP contribution in [0.3, 0.4) is 0 Å². The van der Waals surface area contributed by atoms with Crippen molar-refractivity contribution in [3.8, 4) is 23.0 Å². The van der Waals surface area contributed by atoms with Crippen molar-refractivity contribution in [3.63, 3.8) is 0 Å². The predicted molar refractivity (Wildman–Crippen MR) is 120 cm³/mol. The number of carbonyl (C=O) groups excluding carboxylic acids is 1. The summed E-state index contributed by atoms with van der Waals surface area (Å²) in [4.78, 5) is 24.2. The molecular formula is C23H19N3O5S. The molecule has 1 amide bonds. The van der Waals surface area contributed by atoms with Crippen LogP contribution in [0.15, 0.2) is 54.9 Å². The molecule has 3 heterocycles. The third-order valence-electron chi connectivity index (χ3n) is 5.04. The second-order valence-electron chi connectivity index (χ2n) is 6.99. The summed E-state index contributed by atoms with van der Waals surface area (Å²) in [6.07, 6.45) is 3.43. The largest absolute Gasteiger partial charge is 0.493 e. The Bertz CT molecular complexity index is 1250. The third kappa shape index (κ3) is 3.67. The maximum absolute atomic E-state index is 13.6. The van der Waals surface area contributed by atoms with E-state index in [1.807, 2.05) is 24.3 Å². The Labute approximate surface area is 188 Å². The number of amides is 1. The van der Waals surface area contributed by atoms with Crippen LogP contribution in [0.1, 0.15) is 15.9 Å². The van der Waals surface area contributed by atoms with E-state index >= 15 is 0 Å². The van der Waals surface area contributed by atoms with Gasteiger partial charge in [0.2, 0.25) is 6.79 Å². The summed E-state index contributed by atoms with van der Waals surface area (Å²) in [5.41, 5.74) is 2.08.